The largest absolute Gasteiger partial charge is 0.481 e. The molecule has 1 amide bonds. The van der Waals surface area contributed by atoms with E-state index in [9.17, 15) is 14.4 Å². The number of carboxylic acids is 1. The van der Waals surface area contributed by atoms with Gasteiger partial charge in [0.15, 0.2) is 0 Å². The van der Waals surface area contributed by atoms with Crippen LogP contribution >= 0.6 is 27.5 Å². The van der Waals surface area contributed by atoms with Gasteiger partial charge >= 0.3 is 5.97 Å². The number of H-pyrrole nitrogens is 1. The summed E-state index contributed by atoms with van der Waals surface area (Å²) in [7, 11) is 0. The molecule has 7 nitrogen and oxygen atoms in total. The normalized spacial score (nSPS) is 15.1. The lowest BCUT2D eigenvalue weighted by Gasteiger charge is -2.22. The first kappa shape index (κ1) is 24.9. The van der Waals surface area contributed by atoms with Crippen molar-refractivity contribution < 1.29 is 14.7 Å². The van der Waals surface area contributed by atoms with E-state index in [-0.39, 0.29) is 24.8 Å². The Morgan fingerprint density at radius 1 is 1.03 bits per heavy atom. The first-order chi connectivity index (χ1) is 17.8. The minimum absolute atomic E-state index is 0.200. The summed E-state index contributed by atoms with van der Waals surface area (Å²) in [5.41, 5.74) is 3.48. The molecule has 1 atom stereocenters. The molecule has 0 bridgehead atoms. The van der Waals surface area contributed by atoms with Crippen LogP contribution < -0.4 is 5.56 Å². The molecule has 37 heavy (non-hydrogen) atoms. The predicted molar refractivity (Wildman–Crippen MR) is 147 cm³/mol. The fraction of sp³-hybridized carbons (Fsp3) is 0.143. The van der Waals surface area contributed by atoms with Crippen molar-refractivity contribution in [2.75, 3.05) is 0 Å². The number of amides is 1. The van der Waals surface area contributed by atoms with E-state index in [1.165, 1.54) is 5.01 Å². The molecule has 9 heteroatoms. The first-order valence-electron chi connectivity index (χ1n) is 11.6. The Bertz CT molecular complexity index is 1610. The van der Waals surface area contributed by atoms with Gasteiger partial charge < -0.3 is 10.1 Å². The number of aromatic nitrogens is 1. The number of hydrogen-bond donors (Lipinski definition) is 2. The Balaban J connectivity index is 1.69. The number of aromatic amines is 1. The predicted octanol–water partition coefficient (Wildman–Crippen LogP) is 6.15. The molecule has 1 aromatic heterocycles. The zero-order valence-corrected chi connectivity index (χ0v) is 21.8. The van der Waals surface area contributed by atoms with Gasteiger partial charge in [0.25, 0.3) is 5.56 Å². The average Bonchev–Trinajstić information content (AvgIpc) is 3.32. The molecular weight excluding hydrogens is 558 g/mol. The number of rotatable bonds is 6. The van der Waals surface area contributed by atoms with E-state index in [0.717, 1.165) is 21.0 Å². The van der Waals surface area contributed by atoms with E-state index in [1.807, 2.05) is 60.7 Å². The van der Waals surface area contributed by atoms with Gasteiger partial charge in [0, 0.05) is 38.8 Å². The number of nitrogens with zero attached hydrogens (tertiary/aromatic N) is 2. The van der Waals surface area contributed by atoms with Crippen molar-refractivity contribution in [1.82, 2.24) is 9.99 Å². The molecule has 0 radical (unpaired) electrons. The molecule has 0 spiro atoms. The summed E-state index contributed by atoms with van der Waals surface area (Å²) >= 11 is 9.62. The minimum atomic E-state index is -1.06. The number of carbonyl (C=O) groups excluding carboxylic acids is 1. The number of nitrogens with one attached hydrogen (secondary N) is 1. The molecule has 0 aliphatic carbocycles. The van der Waals surface area contributed by atoms with Crippen LogP contribution in [0.3, 0.4) is 0 Å². The third kappa shape index (κ3) is 5.08. The van der Waals surface area contributed by atoms with Gasteiger partial charge in [-0.2, -0.15) is 5.10 Å². The fourth-order valence-electron chi connectivity index (χ4n) is 4.63. The molecule has 186 valence electrons. The maximum atomic E-state index is 13.5. The Labute approximate surface area is 225 Å². The summed E-state index contributed by atoms with van der Waals surface area (Å²) in [4.78, 5) is 40.7. The summed E-state index contributed by atoms with van der Waals surface area (Å²) in [5.74, 6) is -1.49. The van der Waals surface area contributed by atoms with Gasteiger partial charge in [-0.1, -0.05) is 70.0 Å². The highest BCUT2D eigenvalue weighted by Crippen LogP contribution is 2.38. The number of carboxylic acid groups (broad SMARTS) is 1. The van der Waals surface area contributed by atoms with E-state index in [4.69, 9.17) is 16.7 Å². The number of halogens is 2. The van der Waals surface area contributed by atoms with Crippen molar-refractivity contribution in [2.45, 2.75) is 25.3 Å². The van der Waals surface area contributed by atoms with E-state index in [2.05, 4.69) is 26.0 Å². The summed E-state index contributed by atoms with van der Waals surface area (Å²) in [6, 6.07) is 21.8. The van der Waals surface area contributed by atoms with Crippen LogP contribution in [0.5, 0.6) is 0 Å². The summed E-state index contributed by atoms with van der Waals surface area (Å²) in [5, 5.41) is 16.5. The summed E-state index contributed by atoms with van der Waals surface area (Å²) in [6.07, 6.45) is -0.218. The van der Waals surface area contributed by atoms with Crippen LogP contribution in [0.15, 0.2) is 87.2 Å². The van der Waals surface area contributed by atoms with Gasteiger partial charge in [-0.05, 0) is 41.5 Å². The first-order valence-corrected chi connectivity index (χ1v) is 12.8. The van der Waals surface area contributed by atoms with Crippen LogP contribution in [0, 0.1) is 0 Å². The van der Waals surface area contributed by atoms with Gasteiger partial charge in [-0.3, -0.25) is 14.4 Å². The minimum Gasteiger partial charge on any atom is -0.481 e. The molecule has 0 fully saturated rings. The molecule has 1 aliphatic heterocycles. The third-order valence-corrected chi connectivity index (χ3v) is 7.04. The van der Waals surface area contributed by atoms with Gasteiger partial charge in [0.1, 0.15) is 0 Å². The molecule has 3 aromatic carbocycles. The van der Waals surface area contributed by atoms with Crippen LogP contribution in [-0.4, -0.2) is 32.7 Å². The molecule has 2 N–H and O–H groups in total. The highest BCUT2D eigenvalue weighted by atomic mass is 79.9. The van der Waals surface area contributed by atoms with Crippen LogP contribution in [0.4, 0.5) is 0 Å². The number of hydrogen-bond acceptors (Lipinski definition) is 4. The topological polar surface area (TPSA) is 103 Å². The molecule has 4 aromatic rings. The standard InChI is InChI=1S/C28H21BrClN3O4/c29-18-5-3-4-17(14-18)23-15-22(32-33(23)24(34)12-13-25(35)36)27-26(16-8-10-19(30)11-9-16)20-6-1-2-7-21(20)31-28(27)37/h1-11,14,23H,12-13,15H2,(H,31,37)(H,35,36). The quantitative estimate of drug-likeness (QED) is 0.286. The third-order valence-electron chi connectivity index (χ3n) is 6.30. The molecule has 1 aliphatic rings. The lowest BCUT2D eigenvalue weighted by Crippen LogP contribution is -2.27. The fourth-order valence-corrected chi connectivity index (χ4v) is 5.17. The zero-order chi connectivity index (χ0) is 26.1. The van der Waals surface area contributed by atoms with E-state index in [1.54, 1.807) is 12.1 Å². The number of benzene rings is 3. The monoisotopic (exact) mass is 577 g/mol. The van der Waals surface area contributed by atoms with E-state index >= 15 is 0 Å². The Morgan fingerprint density at radius 2 is 1.78 bits per heavy atom. The number of carbonyl (C=O) groups is 2. The van der Waals surface area contributed by atoms with Gasteiger partial charge in [0.05, 0.1) is 23.7 Å². The highest BCUT2D eigenvalue weighted by molar-refractivity contribution is 9.10. The lowest BCUT2D eigenvalue weighted by molar-refractivity contribution is -0.141. The van der Waals surface area contributed by atoms with Gasteiger partial charge in [0.2, 0.25) is 5.91 Å². The number of fused-ring (bicyclic) bond motifs is 1. The smallest absolute Gasteiger partial charge is 0.303 e. The second kappa shape index (κ2) is 10.3. The van der Waals surface area contributed by atoms with Crippen molar-refractivity contribution in [3.8, 4) is 11.1 Å². The molecule has 0 saturated heterocycles. The van der Waals surface area contributed by atoms with Gasteiger partial charge in [-0.25, -0.2) is 5.01 Å². The van der Waals surface area contributed by atoms with Crippen LogP contribution in [-0.2, 0) is 9.59 Å². The summed E-state index contributed by atoms with van der Waals surface area (Å²) < 4.78 is 0.835. The van der Waals surface area contributed by atoms with Gasteiger partial charge in [-0.15, -0.1) is 0 Å². The number of pyridine rings is 1. The zero-order valence-electron chi connectivity index (χ0n) is 19.4. The number of para-hydroxylation sites is 1. The molecule has 0 saturated carbocycles. The van der Waals surface area contributed by atoms with Crippen LogP contribution in [0.2, 0.25) is 5.02 Å². The second-order valence-electron chi connectivity index (χ2n) is 8.71. The Kier molecular flexibility index (Phi) is 6.95. The molecule has 1 unspecified atom stereocenters. The van der Waals surface area contributed by atoms with Crippen molar-refractivity contribution in [3.63, 3.8) is 0 Å². The van der Waals surface area contributed by atoms with Crippen molar-refractivity contribution in [3.05, 3.63) is 104 Å². The van der Waals surface area contributed by atoms with Crippen molar-refractivity contribution >= 4 is 56.0 Å². The molecule has 5 rings (SSSR count). The lowest BCUT2D eigenvalue weighted by atomic mass is 9.91. The molecule has 2 heterocycles. The van der Waals surface area contributed by atoms with Crippen molar-refractivity contribution in [1.29, 1.82) is 0 Å². The number of hydrazone groups is 1. The summed E-state index contributed by atoms with van der Waals surface area (Å²) in [6.45, 7) is 0. The van der Waals surface area contributed by atoms with Crippen LogP contribution in [0.25, 0.3) is 22.0 Å². The highest BCUT2D eigenvalue weighted by Gasteiger charge is 2.35. The van der Waals surface area contributed by atoms with E-state index < -0.39 is 17.9 Å². The maximum absolute atomic E-state index is 13.5. The SMILES string of the molecule is O=C(O)CCC(=O)N1N=C(c2c(-c3ccc(Cl)cc3)c3ccccc3[nH]c2=O)CC1c1cccc(Br)c1. The Hall–Kier alpha value is -3.75. The number of aliphatic carboxylic acids is 1. The maximum Gasteiger partial charge on any atom is 0.303 e. The Morgan fingerprint density at radius 3 is 2.51 bits per heavy atom. The second-order valence-corrected chi connectivity index (χ2v) is 10.1. The van der Waals surface area contributed by atoms with Crippen molar-refractivity contribution in [2.24, 2.45) is 5.10 Å². The molecular formula is C28H21BrClN3O4. The van der Waals surface area contributed by atoms with Crippen LogP contribution in [0.1, 0.15) is 36.4 Å². The van der Waals surface area contributed by atoms with E-state index in [0.29, 0.717) is 27.4 Å². The average molecular weight is 579 g/mol.